The molecule has 0 atom stereocenters. The van der Waals surface area contributed by atoms with Gasteiger partial charge in [-0.3, -0.25) is 4.90 Å². The van der Waals surface area contributed by atoms with Crippen LogP contribution in [0, 0.1) is 0 Å². The first-order chi connectivity index (χ1) is 9.74. The summed E-state index contributed by atoms with van der Waals surface area (Å²) in [5.74, 6) is 0.462. The third-order valence-electron chi connectivity index (χ3n) is 3.50. The van der Waals surface area contributed by atoms with Gasteiger partial charge in [-0.05, 0) is 25.1 Å². The zero-order chi connectivity index (χ0) is 14.4. The van der Waals surface area contributed by atoms with E-state index in [-0.39, 0.29) is 12.6 Å². The first kappa shape index (κ1) is 14.7. The third kappa shape index (κ3) is 3.68. The summed E-state index contributed by atoms with van der Waals surface area (Å²) in [5.41, 5.74) is 0.522. The number of hydrogen-bond acceptors (Lipinski definition) is 6. The molecule has 0 unspecified atom stereocenters. The van der Waals surface area contributed by atoms with Gasteiger partial charge in [-0.2, -0.15) is 0 Å². The first-order valence-electron chi connectivity index (χ1n) is 6.87. The average Bonchev–Trinajstić information content (AvgIpc) is 2.73. The van der Waals surface area contributed by atoms with Crippen LogP contribution in [0.3, 0.4) is 0 Å². The van der Waals surface area contributed by atoms with Crippen LogP contribution < -0.4 is 4.90 Å². The predicted octanol–water partition coefficient (Wildman–Crippen LogP) is 0.373. The lowest BCUT2D eigenvalue weighted by Gasteiger charge is -2.22. The minimum absolute atomic E-state index is 0.191. The van der Waals surface area contributed by atoms with E-state index in [2.05, 4.69) is 14.8 Å². The topological polar surface area (TPSA) is 65.9 Å². The van der Waals surface area contributed by atoms with Crippen LogP contribution in [0.1, 0.15) is 16.8 Å². The van der Waals surface area contributed by atoms with Crippen LogP contribution in [-0.2, 0) is 4.74 Å². The Hall–Kier alpha value is -1.66. The molecule has 1 aliphatic rings. The fourth-order valence-corrected chi connectivity index (χ4v) is 2.40. The van der Waals surface area contributed by atoms with Crippen molar-refractivity contribution in [1.29, 1.82) is 0 Å². The second-order valence-electron chi connectivity index (χ2n) is 4.80. The number of esters is 1. The van der Waals surface area contributed by atoms with Crippen LogP contribution >= 0.6 is 0 Å². The van der Waals surface area contributed by atoms with Gasteiger partial charge >= 0.3 is 5.97 Å². The van der Waals surface area contributed by atoms with Crippen LogP contribution in [-0.4, -0.2) is 67.4 Å². The number of nitrogens with zero attached hydrogens (tertiary/aromatic N) is 3. The minimum atomic E-state index is -0.342. The van der Waals surface area contributed by atoms with Gasteiger partial charge in [0.15, 0.2) is 0 Å². The maximum atomic E-state index is 11.5. The number of pyridine rings is 1. The van der Waals surface area contributed by atoms with E-state index in [1.165, 1.54) is 7.11 Å². The molecule has 0 radical (unpaired) electrons. The summed E-state index contributed by atoms with van der Waals surface area (Å²) in [4.78, 5) is 20.3. The molecule has 20 heavy (non-hydrogen) atoms. The molecule has 1 aromatic heterocycles. The van der Waals surface area contributed by atoms with Crippen molar-refractivity contribution in [2.75, 3.05) is 51.3 Å². The van der Waals surface area contributed by atoms with Gasteiger partial charge in [-0.25, -0.2) is 9.78 Å². The largest absolute Gasteiger partial charge is 0.465 e. The number of rotatable bonds is 4. The van der Waals surface area contributed by atoms with Gasteiger partial charge < -0.3 is 14.7 Å². The quantitative estimate of drug-likeness (QED) is 0.804. The van der Waals surface area contributed by atoms with Crippen molar-refractivity contribution in [3.63, 3.8) is 0 Å². The van der Waals surface area contributed by atoms with E-state index in [0.29, 0.717) is 12.1 Å². The summed E-state index contributed by atoms with van der Waals surface area (Å²) in [6.07, 6.45) is 2.65. The zero-order valence-corrected chi connectivity index (χ0v) is 11.8. The van der Waals surface area contributed by atoms with Crippen molar-refractivity contribution < 1.29 is 14.6 Å². The molecule has 0 spiro atoms. The second-order valence-corrected chi connectivity index (χ2v) is 4.80. The number of hydrogen-bond donors (Lipinski definition) is 1. The molecular weight excluding hydrogens is 258 g/mol. The fourth-order valence-electron chi connectivity index (χ4n) is 2.40. The van der Waals surface area contributed by atoms with E-state index in [4.69, 9.17) is 9.84 Å². The smallest absolute Gasteiger partial charge is 0.338 e. The van der Waals surface area contributed by atoms with Crippen molar-refractivity contribution in [3.05, 3.63) is 23.9 Å². The molecule has 0 amide bonds. The molecule has 110 valence electrons. The second kappa shape index (κ2) is 7.21. The van der Waals surface area contributed by atoms with Crippen LogP contribution in [0.2, 0.25) is 0 Å². The summed E-state index contributed by atoms with van der Waals surface area (Å²) < 4.78 is 4.73. The molecule has 2 heterocycles. The van der Waals surface area contributed by atoms with Gasteiger partial charge in [0.2, 0.25) is 0 Å². The van der Waals surface area contributed by atoms with Gasteiger partial charge in [-0.15, -0.1) is 0 Å². The highest BCUT2D eigenvalue weighted by Gasteiger charge is 2.16. The summed E-state index contributed by atoms with van der Waals surface area (Å²) in [6, 6.07) is 3.43. The Balaban J connectivity index is 2.05. The minimum Gasteiger partial charge on any atom is -0.465 e. The van der Waals surface area contributed by atoms with Crippen molar-refractivity contribution in [1.82, 2.24) is 9.88 Å². The van der Waals surface area contributed by atoms with Crippen LogP contribution in [0.5, 0.6) is 0 Å². The summed E-state index contributed by atoms with van der Waals surface area (Å²) in [6.45, 7) is 4.52. The van der Waals surface area contributed by atoms with E-state index >= 15 is 0 Å². The highest BCUT2D eigenvalue weighted by atomic mass is 16.5. The number of anilines is 1. The molecule has 2 rings (SSSR count). The maximum absolute atomic E-state index is 11.5. The van der Waals surface area contributed by atoms with Crippen molar-refractivity contribution in [3.8, 4) is 0 Å². The van der Waals surface area contributed by atoms with Gasteiger partial charge in [0.1, 0.15) is 5.82 Å². The Bertz CT molecular complexity index is 453. The number of ether oxygens (including phenoxy) is 1. The summed E-state index contributed by atoms with van der Waals surface area (Å²) >= 11 is 0. The summed E-state index contributed by atoms with van der Waals surface area (Å²) in [5, 5.41) is 9.00. The summed E-state index contributed by atoms with van der Waals surface area (Å²) in [7, 11) is 1.38. The molecule has 0 saturated carbocycles. The molecule has 1 saturated heterocycles. The number of aromatic nitrogens is 1. The number of aliphatic hydroxyl groups is 1. The Kier molecular flexibility index (Phi) is 5.31. The lowest BCUT2D eigenvalue weighted by Crippen LogP contribution is -2.32. The van der Waals surface area contributed by atoms with Crippen LogP contribution in [0.15, 0.2) is 18.3 Å². The lowest BCUT2D eigenvalue weighted by molar-refractivity contribution is 0.0600. The van der Waals surface area contributed by atoms with E-state index in [1.807, 2.05) is 0 Å². The van der Waals surface area contributed by atoms with Crippen molar-refractivity contribution >= 4 is 11.8 Å². The van der Waals surface area contributed by atoms with Crippen LogP contribution in [0.4, 0.5) is 5.82 Å². The molecule has 6 nitrogen and oxygen atoms in total. The molecule has 1 fully saturated rings. The lowest BCUT2D eigenvalue weighted by atomic mass is 10.2. The number of carbonyl (C=O) groups is 1. The highest BCUT2D eigenvalue weighted by Crippen LogP contribution is 2.15. The normalized spacial score (nSPS) is 16.8. The third-order valence-corrected chi connectivity index (χ3v) is 3.50. The van der Waals surface area contributed by atoms with E-state index in [0.717, 1.165) is 38.4 Å². The van der Waals surface area contributed by atoms with Gasteiger partial charge in [0.25, 0.3) is 0 Å². The molecule has 0 bridgehead atoms. The van der Waals surface area contributed by atoms with Gasteiger partial charge in [-0.1, -0.05) is 0 Å². The number of β-amino-alcohol motifs (C(OH)–C–C–N with tert-alkyl or cyclic N) is 1. The van der Waals surface area contributed by atoms with E-state index < -0.39 is 0 Å². The Labute approximate surface area is 119 Å². The maximum Gasteiger partial charge on any atom is 0.338 e. The van der Waals surface area contributed by atoms with Gasteiger partial charge in [0.05, 0.1) is 19.3 Å². The fraction of sp³-hybridized carbons (Fsp3) is 0.571. The Morgan fingerprint density at radius 2 is 2.25 bits per heavy atom. The van der Waals surface area contributed by atoms with Crippen LogP contribution in [0.25, 0.3) is 0 Å². The molecule has 1 aromatic rings. The molecular formula is C14H21N3O3. The number of carbonyl (C=O) groups excluding carboxylic acids is 1. The number of aliphatic hydroxyl groups excluding tert-OH is 1. The molecule has 6 heteroatoms. The standard InChI is InChI=1S/C14H21N3O3/c1-20-14(19)12-3-4-15-13(11-12)17-6-2-5-16(7-8-17)9-10-18/h3-4,11,18H,2,5-10H2,1H3. The Morgan fingerprint density at radius 1 is 1.40 bits per heavy atom. The molecule has 1 aliphatic heterocycles. The predicted molar refractivity (Wildman–Crippen MR) is 75.9 cm³/mol. The molecule has 0 aliphatic carbocycles. The zero-order valence-electron chi connectivity index (χ0n) is 11.8. The van der Waals surface area contributed by atoms with Gasteiger partial charge in [0, 0.05) is 32.4 Å². The van der Waals surface area contributed by atoms with Crippen molar-refractivity contribution in [2.24, 2.45) is 0 Å². The monoisotopic (exact) mass is 279 g/mol. The Morgan fingerprint density at radius 3 is 3.00 bits per heavy atom. The van der Waals surface area contributed by atoms with E-state index in [1.54, 1.807) is 18.3 Å². The number of methoxy groups -OCH3 is 1. The molecule has 1 N–H and O–H groups in total. The molecule has 0 aromatic carbocycles. The van der Waals surface area contributed by atoms with Crippen molar-refractivity contribution in [2.45, 2.75) is 6.42 Å². The first-order valence-corrected chi connectivity index (χ1v) is 6.87. The highest BCUT2D eigenvalue weighted by molar-refractivity contribution is 5.90. The average molecular weight is 279 g/mol. The SMILES string of the molecule is COC(=O)c1ccnc(N2CCCN(CCO)CC2)c1. The van der Waals surface area contributed by atoms with E-state index in [9.17, 15) is 4.79 Å².